The Hall–Kier alpha value is -2.11. The Balaban J connectivity index is 1.61. The summed E-state index contributed by atoms with van der Waals surface area (Å²) in [5, 5.41) is 8.12. The van der Waals surface area contributed by atoms with Gasteiger partial charge < -0.3 is 15.1 Å². The van der Waals surface area contributed by atoms with E-state index in [0.29, 0.717) is 24.7 Å². The molecule has 20 heavy (non-hydrogen) atoms. The highest BCUT2D eigenvalue weighted by Crippen LogP contribution is 2.19. The van der Waals surface area contributed by atoms with E-state index >= 15 is 0 Å². The topological polar surface area (TPSA) is 68.2 Å². The van der Waals surface area contributed by atoms with Crippen LogP contribution in [0, 0.1) is 5.82 Å². The molecule has 0 unspecified atom stereocenters. The van der Waals surface area contributed by atoms with Crippen LogP contribution in [-0.4, -0.2) is 23.3 Å². The summed E-state index contributed by atoms with van der Waals surface area (Å²) in [5.74, 6) is 0.220. The molecule has 2 heterocycles. The van der Waals surface area contributed by atoms with Crippen LogP contribution in [0.5, 0.6) is 0 Å². The summed E-state index contributed by atoms with van der Waals surface area (Å²) < 4.78 is 18.7. The molecule has 0 radical (unpaired) electrons. The van der Waals surface area contributed by atoms with Crippen molar-refractivity contribution < 1.29 is 8.81 Å². The number of anilines is 2. The molecule has 106 valence electrons. The molecule has 0 bridgehead atoms. The van der Waals surface area contributed by atoms with Crippen molar-refractivity contribution in [2.75, 3.05) is 23.7 Å². The molecule has 0 amide bonds. The molecular weight excluding hydrogens is 259 g/mol. The van der Waals surface area contributed by atoms with Gasteiger partial charge in [-0.3, -0.25) is 0 Å². The van der Waals surface area contributed by atoms with E-state index in [1.807, 2.05) is 0 Å². The Morgan fingerprint density at radius 3 is 2.75 bits per heavy atom. The minimum atomic E-state index is -0.386. The summed E-state index contributed by atoms with van der Waals surface area (Å²) in [4.78, 5) is 2.10. The lowest BCUT2D eigenvalue weighted by atomic mass is 10.1. The second kappa shape index (κ2) is 5.48. The fourth-order valence-corrected chi connectivity index (χ4v) is 2.38. The molecular formula is C14H17FN4O. The van der Waals surface area contributed by atoms with E-state index < -0.39 is 0 Å². The molecule has 1 fully saturated rings. The summed E-state index contributed by atoms with van der Waals surface area (Å²) >= 11 is 0. The number of aromatic nitrogens is 2. The third kappa shape index (κ3) is 2.74. The largest absolute Gasteiger partial charge is 0.408 e. The predicted octanol–water partition coefficient (Wildman–Crippen LogP) is 2.18. The Kier molecular flexibility index (Phi) is 3.54. The second-order valence-electron chi connectivity index (χ2n) is 5.03. The van der Waals surface area contributed by atoms with E-state index in [-0.39, 0.29) is 11.5 Å². The van der Waals surface area contributed by atoms with Crippen molar-refractivity contribution in [2.24, 2.45) is 0 Å². The number of benzene rings is 1. The molecule has 2 N–H and O–H groups in total. The SMILES string of the molecule is Nc1cc(CCc2nnc(N3CCCC3)o2)ccc1F. The lowest BCUT2D eigenvalue weighted by Crippen LogP contribution is -2.17. The van der Waals surface area contributed by atoms with Gasteiger partial charge in [0.1, 0.15) is 5.82 Å². The molecule has 1 aliphatic rings. The first kappa shape index (κ1) is 12.9. The van der Waals surface area contributed by atoms with Gasteiger partial charge >= 0.3 is 6.01 Å². The van der Waals surface area contributed by atoms with Gasteiger partial charge in [-0.25, -0.2) is 4.39 Å². The van der Waals surface area contributed by atoms with Crippen molar-refractivity contribution in [1.29, 1.82) is 0 Å². The highest BCUT2D eigenvalue weighted by molar-refractivity contribution is 5.42. The molecule has 2 aromatic rings. The average molecular weight is 276 g/mol. The Morgan fingerprint density at radius 1 is 1.20 bits per heavy atom. The van der Waals surface area contributed by atoms with Gasteiger partial charge in [-0.2, -0.15) is 0 Å². The fraction of sp³-hybridized carbons (Fsp3) is 0.429. The van der Waals surface area contributed by atoms with Crippen molar-refractivity contribution in [3.05, 3.63) is 35.5 Å². The first-order valence-corrected chi connectivity index (χ1v) is 6.83. The van der Waals surface area contributed by atoms with E-state index in [1.165, 1.54) is 18.9 Å². The van der Waals surface area contributed by atoms with Gasteiger partial charge in [-0.05, 0) is 37.0 Å². The molecule has 0 atom stereocenters. The van der Waals surface area contributed by atoms with E-state index in [0.717, 1.165) is 18.7 Å². The van der Waals surface area contributed by atoms with Crippen LogP contribution in [-0.2, 0) is 12.8 Å². The molecule has 1 saturated heterocycles. The van der Waals surface area contributed by atoms with Gasteiger partial charge in [0.2, 0.25) is 5.89 Å². The maximum atomic E-state index is 13.1. The Morgan fingerprint density at radius 2 is 2.00 bits per heavy atom. The first-order valence-electron chi connectivity index (χ1n) is 6.83. The minimum absolute atomic E-state index is 0.172. The number of nitrogens with two attached hydrogens (primary N) is 1. The summed E-state index contributed by atoms with van der Waals surface area (Å²) in [6.07, 6.45) is 3.68. The lowest BCUT2D eigenvalue weighted by Gasteiger charge is -2.09. The zero-order chi connectivity index (χ0) is 13.9. The fourth-order valence-electron chi connectivity index (χ4n) is 2.38. The maximum Gasteiger partial charge on any atom is 0.318 e. The van der Waals surface area contributed by atoms with Crippen molar-refractivity contribution in [2.45, 2.75) is 25.7 Å². The molecule has 1 aliphatic heterocycles. The molecule has 1 aromatic carbocycles. The highest BCUT2D eigenvalue weighted by atomic mass is 19.1. The standard InChI is InChI=1S/C14H17FN4O/c15-11-5-3-10(9-12(11)16)4-6-13-17-18-14(20-13)19-7-1-2-8-19/h3,5,9H,1-2,4,6-8,16H2. The quantitative estimate of drug-likeness (QED) is 0.867. The zero-order valence-electron chi connectivity index (χ0n) is 11.2. The van der Waals surface area contributed by atoms with Crippen molar-refractivity contribution in [3.63, 3.8) is 0 Å². The Labute approximate surface area is 116 Å². The van der Waals surface area contributed by atoms with E-state index in [4.69, 9.17) is 10.2 Å². The zero-order valence-corrected chi connectivity index (χ0v) is 11.2. The lowest BCUT2D eigenvalue weighted by molar-refractivity contribution is 0.489. The summed E-state index contributed by atoms with van der Waals surface area (Å²) in [6.45, 7) is 1.96. The number of nitrogen functional groups attached to an aromatic ring is 1. The van der Waals surface area contributed by atoms with Gasteiger partial charge in [0, 0.05) is 19.5 Å². The van der Waals surface area contributed by atoms with Gasteiger partial charge in [0.05, 0.1) is 5.69 Å². The monoisotopic (exact) mass is 276 g/mol. The molecule has 1 aromatic heterocycles. The molecule has 3 rings (SSSR count). The van der Waals surface area contributed by atoms with E-state index in [1.54, 1.807) is 12.1 Å². The van der Waals surface area contributed by atoms with Crippen LogP contribution in [0.25, 0.3) is 0 Å². The Bertz CT molecular complexity index is 593. The maximum absolute atomic E-state index is 13.1. The summed E-state index contributed by atoms with van der Waals surface area (Å²) in [6, 6.07) is 5.36. The number of halogens is 1. The van der Waals surface area contributed by atoms with E-state index in [2.05, 4.69) is 15.1 Å². The van der Waals surface area contributed by atoms with Crippen LogP contribution in [0.1, 0.15) is 24.3 Å². The van der Waals surface area contributed by atoms with Crippen molar-refractivity contribution >= 4 is 11.7 Å². The summed E-state index contributed by atoms with van der Waals surface area (Å²) in [5.41, 5.74) is 6.68. The van der Waals surface area contributed by atoms with Gasteiger partial charge in [-0.1, -0.05) is 11.2 Å². The summed E-state index contributed by atoms with van der Waals surface area (Å²) in [7, 11) is 0. The molecule has 6 heteroatoms. The van der Waals surface area contributed by atoms with Crippen LogP contribution in [0.3, 0.4) is 0 Å². The molecule has 5 nitrogen and oxygen atoms in total. The molecule has 0 aliphatic carbocycles. The average Bonchev–Trinajstić information content (AvgIpc) is 3.09. The highest BCUT2D eigenvalue weighted by Gasteiger charge is 2.18. The van der Waals surface area contributed by atoms with Crippen LogP contribution in [0.15, 0.2) is 22.6 Å². The molecule has 0 saturated carbocycles. The van der Waals surface area contributed by atoms with Gasteiger partial charge in [-0.15, -0.1) is 5.10 Å². The smallest absolute Gasteiger partial charge is 0.318 e. The van der Waals surface area contributed by atoms with Crippen molar-refractivity contribution in [3.8, 4) is 0 Å². The van der Waals surface area contributed by atoms with Gasteiger partial charge in [0.25, 0.3) is 0 Å². The van der Waals surface area contributed by atoms with E-state index in [9.17, 15) is 4.39 Å². The van der Waals surface area contributed by atoms with Crippen LogP contribution >= 0.6 is 0 Å². The number of hydrogen-bond donors (Lipinski definition) is 1. The first-order chi connectivity index (χ1) is 9.72. The number of nitrogens with zero attached hydrogens (tertiary/aromatic N) is 3. The number of aryl methyl sites for hydroxylation is 2. The number of hydrogen-bond acceptors (Lipinski definition) is 5. The minimum Gasteiger partial charge on any atom is -0.408 e. The second-order valence-corrected chi connectivity index (χ2v) is 5.03. The van der Waals surface area contributed by atoms with Crippen LogP contribution < -0.4 is 10.6 Å². The molecule has 0 spiro atoms. The third-order valence-corrected chi connectivity index (χ3v) is 3.52. The predicted molar refractivity (Wildman–Crippen MR) is 74.0 cm³/mol. The normalized spacial score (nSPS) is 14.9. The van der Waals surface area contributed by atoms with Crippen LogP contribution in [0.4, 0.5) is 16.1 Å². The van der Waals surface area contributed by atoms with Crippen LogP contribution in [0.2, 0.25) is 0 Å². The van der Waals surface area contributed by atoms with Crippen molar-refractivity contribution in [1.82, 2.24) is 10.2 Å². The third-order valence-electron chi connectivity index (χ3n) is 3.52. The van der Waals surface area contributed by atoms with Gasteiger partial charge in [0.15, 0.2) is 0 Å². The number of rotatable bonds is 4.